The van der Waals surface area contributed by atoms with Crippen LogP contribution in [0, 0.1) is 5.82 Å². The summed E-state index contributed by atoms with van der Waals surface area (Å²) in [6.07, 6.45) is 0.831. The van der Waals surface area contributed by atoms with E-state index in [1.807, 2.05) is 6.92 Å². The summed E-state index contributed by atoms with van der Waals surface area (Å²) in [5, 5.41) is 0. The molecule has 7 heteroatoms. The van der Waals surface area contributed by atoms with Crippen molar-refractivity contribution in [2.45, 2.75) is 26.2 Å². The van der Waals surface area contributed by atoms with Crippen molar-refractivity contribution >= 4 is 17.6 Å². The number of carbonyl (C=O) groups is 3. The molecule has 0 radical (unpaired) electrons. The zero-order valence-electron chi connectivity index (χ0n) is 15.0. The predicted molar refractivity (Wildman–Crippen MR) is 97.8 cm³/mol. The van der Waals surface area contributed by atoms with Crippen molar-refractivity contribution in [3.63, 3.8) is 0 Å². The first-order valence-corrected chi connectivity index (χ1v) is 8.60. The second-order valence-corrected chi connectivity index (χ2v) is 5.81. The van der Waals surface area contributed by atoms with Gasteiger partial charge in [-0.15, -0.1) is 0 Å². The van der Waals surface area contributed by atoms with Crippen molar-refractivity contribution < 1.29 is 23.5 Å². The lowest BCUT2D eigenvalue weighted by molar-refractivity contribution is -0.121. The van der Waals surface area contributed by atoms with Crippen LogP contribution in [-0.2, 0) is 4.79 Å². The van der Waals surface area contributed by atoms with E-state index in [0.717, 1.165) is 18.6 Å². The van der Waals surface area contributed by atoms with Crippen LogP contribution in [0.25, 0.3) is 0 Å². The summed E-state index contributed by atoms with van der Waals surface area (Å²) >= 11 is 0. The standard InChI is InChI=1S/C20H21FN2O4/c1-2-13-27-17-9-5-14(6-10-17)18(24)11-12-19(25)22-23-20(26)15-3-7-16(21)8-4-15/h3-10H,2,11-13H2,1H3,(H,22,25)(H,23,26). The van der Waals surface area contributed by atoms with E-state index in [0.29, 0.717) is 17.9 Å². The maximum absolute atomic E-state index is 12.8. The Kier molecular flexibility index (Phi) is 7.49. The van der Waals surface area contributed by atoms with E-state index >= 15 is 0 Å². The van der Waals surface area contributed by atoms with Crippen LogP contribution in [0.4, 0.5) is 4.39 Å². The number of ether oxygens (including phenoxy) is 1. The van der Waals surface area contributed by atoms with Crippen LogP contribution in [0.2, 0.25) is 0 Å². The minimum Gasteiger partial charge on any atom is -0.494 e. The quantitative estimate of drug-likeness (QED) is 0.551. The van der Waals surface area contributed by atoms with Crippen molar-refractivity contribution in [2.75, 3.05) is 6.61 Å². The average Bonchev–Trinajstić information content (AvgIpc) is 2.69. The smallest absolute Gasteiger partial charge is 0.269 e. The fourth-order valence-electron chi connectivity index (χ4n) is 2.19. The molecule has 6 nitrogen and oxygen atoms in total. The molecule has 27 heavy (non-hydrogen) atoms. The molecule has 0 saturated carbocycles. The summed E-state index contributed by atoms with van der Waals surface area (Å²) in [5.74, 6) is -1.02. The fraction of sp³-hybridized carbons (Fsp3) is 0.250. The third-order valence-electron chi connectivity index (χ3n) is 3.65. The van der Waals surface area contributed by atoms with E-state index in [2.05, 4.69) is 10.9 Å². The van der Waals surface area contributed by atoms with Gasteiger partial charge in [0.25, 0.3) is 5.91 Å². The summed E-state index contributed by atoms with van der Waals surface area (Å²) in [4.78, 5) is 35.7. The molecule has 0 heterocycles. The van der Waals surface area contributed by atoms with Crippen LogP contribution in [0.3, 0.4) is 0 Å². The van der Waals surface area contributed by atoms with Gasteiger partial charge in [0.2, 0.25) is 5.91 Å². The van der Waals surface area contributed by atoms with Crippen LogP contribution in [-0.4, -0.2) is 24.2 Å². The number of halogens is 1. The Labute approximate surface area is 156 Å². The maximum atomic E-state index is 12.8. The number of benzene rings is 2. The SMILES string of the molecule is CCCOc1ccc(C(=O)CCC(=O)NNC(=O)c2ccc(F)cc2)cc1. The summed E-state index contributed by atoms with van der Waals surface area (Å²) in [6.45, 7) is 2.61. The van der Waals surface area contributed by atoms with Gasteiger partial charge in [-0.05, 0) is 55.0 Å². The van der Waals surface area contributed by atoms with E-state index in [1.165, 1.54) is 12.1 Å². The lowest BCUT2D eigenvalue weighted by Gasteiger charge is -2.08. The van der Waals surface area contributed by atoms with Gasteiger partial charge >= 0.3 is 0 Å². The third-order valence-corrected chi connectivity index (χ3v) is 3.65. The molecule has 0 aliphatic rings. The van der Waals surface area contributed by atoms with Gasteiger partial charge in [0.15, 0.2) is 5.78 Å². The Balaban J connectivity index is 1.75. The van der Waals surface area contributed by atoms with E-state index < -0.39 is 17.6 Å². The zero-order chi connectivity index (χ0) is 19.6. The first kappa shape index (κ1) is 20.1. The first-order chi connectivity index (χ1) is 13.0. The summed E-state index contributed by atoms with van der Waals surface area (Å²) < 4.78 is 18.3. The number of Topliss-reactive ketones (excluding diaryl/α,β-unsaturated/α-hetero) is 1. The highest BCUT2D eigenvalue weighted by atomic mass is 19.1. The molecule has 0 fully saturated rings. The molecule has 142 valence electrons. The topological polar surface area (TPSA) is 84.5 Å². The molecular weight excluding hydrogens is 351 g/mol. The van der Waals surface area contributed by atoms with Gasteiger partial charge in [0, 0.05) is 24.0 Å². The van der Waals surface area contributed by atoms with E-state index in [1.54, 1.807) is 24.3 Å². The Morgan fingerprint density at radius 1 is 0.889 bits per heavy atom. The number of rotatable bonds is 8. The van der Waals surface area contributed by atoms with Crippen LogP contribution in [0.1, 0.15) is 46.9 Å². The lowest BCUT2D eigenvalue weighted by Crippen LogP contribution is -2.41. The molecule has 0 aliphatic heterocycles. The molecule has 0 bridgehead atoms. The maximum Gasteiger partial charge on any atom is 0.269 e. The fourth-order valence-corrected chi connectivity index (χ4v) is 2.19. The molecule has 0 aliphatic carbocycles. The van der Waals surface area contributed by atoms with Gasteiger partial charge < -0.3 is 4.74 Å². The van der Waals surface area contributed by atoms with Crippen molar-refractivity contribution in [3.8, 4) is 5.75 Å². The predicted octanol–water partition coefficient (Wildman–Crippen LogP) is 3.04. The highest BCUT2D eigenvalue weighted by Crippen LogP contribution is 2.14. The number of hydrogen-bond acceptors (Lipinski definition) is 4. The highest BCUT2D eigenvalue weighted by Gasteiger charge is 2.11. The number of hydrazine groups is 1. The lowest BCUT2D eigenvalue weighted by atomic mass is 10.1. The molecule has 0 atom stereocenters. The monoisotopic (exact) mass is 372 g/mol. The Bertz CT molecular complexity index is 789. The number of carbonyl (C=O) groups excluding carboxylic acids is 3. The molecule has 2 aromatic rings. The van der Waals surface area contributed by atoms with E-state index in [4.69, 9.17) is 4.74 Å². The van der Waals surface area contributed by atoms with Crippen LogP contribution < -0.4 is 15.6 Å². The highest BCUT2D eigenvalue weighted by molar-refractivity contribution is 5.99. The van der Waals surface area contributed by atoms with Crippen molar-refractivity contribution in [3.05, 3.63) is 65.5 Å². The number of ketones is 1. The van der Waals surface area contributed by atoms with Crippen molar-refractivity contribution in [1.82, 2.24) is 10.9 Å². The molecule has 2 amide bonds. The largest absolute Gasteiger partial charge is 0.494 e. The molecule has 0 aromatic heterocycles. The minimum atomic E-state index is -0.572. The molecule has 2 rings (SSSR count). The Morgan fingerprint density at radius 2 is 1.52 bits per heavy atom. The van der Waals surface area contributed by atoms with E-state index in [9.17, 15) is 18.8 Å². The number of hydrogen-bond donors (Lipinski definition) is 2. The van der Waals surface area contributed by atoms with Gasteiger partial charge in [-0.2, -0.15) is 0 Å². The van der Waals surface area contributed by atoms with Crippen molar-refractivity contribution in [2.24, 2.45) is 0 Å². The molecule has 0 spiro atoms. The molecule has 0 unspecified atom stereocenters. The van der Waals surface area contributed by atoms with Gasteiger partial charge in [0.05, 0.1) is 6.61 Å². The summed E-state index contributed by atoms with van der Waals surface area (Å²) in [6, 6.07) is 11.6. The second-order valence-electron chi connectivity index (χ2n) is 5.81. The average molecular weight is 372 g/mol. The molecular formula is C20H21FN2O4. The van der Waals surface area contributed by atoms with Crippen molar-refractivity contribution in [1.29, 1.82) is 0 Å². The van der Waals surface area contributed by atoms with Gasteiger partial charge in [0.1, 0.15) is 11.6 Å². The zero-order valence-corrected chi connectivity index (χ0v) is 15.0. The third kappa shape index (κ3) is 6.54. The van der Waals surface area contributed by atoms with Gasteiger partial charge in [-0.1, -0.05) is 6.92 Å². The Morgan fingerprint density at radius 3 is 2.15 bits per heavy atom. The number of amides is 2. The van der Waals surface area contributed by atoms with Gasteiger partial charge in [-0.25, -0.2) is 4.39 Å². The first-order valence-electron chi connectivity index (χ1n) is 8.60. The summed E-state index contributed by atoms with van der Waals surface area (Å²) in [7, 11) is 0. The Hall–Kier alpha value is -3.22. The molecule has 2 aromatic carbocycles. The second kappa shape index (κ2) is 10.1. The normalized spacial score (nSPS) is 10.1. The van der Waals surface area contributed by atoms with Gasteiger partial charge in [-0.3, -0.25) is 25.2 Å². The molecule has 2 N–H and O–H groups in total. The van der Waals surface area contributed by atoms with Crippen LogP contribution in [0.5, 0.6) is 5.75 Å². The number of nitrogens with one attached hydrogen (secondary N) is 2. The van der Waals surface area contributed by atoms with E-state index in [-0.39, 0.29) is 24.2 Å². The summed E-state index contributed by atoms with van der Waals surface area (Å²) in [5.41, 5.74) is 5.14. The minimum absolute atomic E-state index is 0.00736. The van der Waals surface area contributed by atoms with Crippen LogP contribution in [0.15, 0.2) is 48.5 Å². The van der Waals surface area contributed by atoms with Crippen LogP contribution >= 0.6 is 0 Å². The molecule has 0 saturated heterocycles.